The van der Waals surface area contributed by atoms with Crippen molar-refractivity contribution < 1.29 is 22.7 Å². The van der Waals surface area contributed by atoms with Crippen molar-refractivity contribution in [2.24, 2.45) is 0 Å². The average molecular weight is 480 g/mol. The largest absolute Gasteiger partial charge is 0.491 e. The molecular weight excluding hydrogens is 455 g/mol. The number of H-pyrrole nitrogens is 1. The second kappa shape index (κ2) is 9.50. The second-order valence-electron chi connectivity index (χ2n) is 8.20. The Kier molecular flexibility index (Phi) is 6.68. The molecule has 7 nitrogen and oxygen atoms in total. The van der Waals surface area contributed by atoms with Crippen LogP contribution in [0.2, 0.25) is 0 Å². The molecule has 11 heteroatoms. The Morgan fingerprint density at radius 1 is 1.21 bits per heavy atom. The van der Waals surface area contributed by atoms with Gasteiger partial charge in [0.1, 0.15) is 11.6 Å². The Hall–Kier alpha value is -2.95. The van der Waals surface area contributed by atoms with E-state index in [-0.39, 0.29) is 30.2 Å². The highest BCUT2D eigenvalue weighted by molar-refractivity contribution is 7.10. The summed E-state index contributed by atoms with van der Waals surface area (Å²) < 4.78 is 43.5. The summed E-state index contributed by atoms with van der Waals surface area (Å²) in [5.41, 5.74) is 1.93. The summed E-state index contributed by atoms with van der Waals surface area (Å²) in [7, 11) is 0. The van der Waals surface area contributed by atoms with E-state index in [2.05, 4.69) is 15.2 Å². The molecule has 1 aliphatic rings. The average Bonchev–Trinajstić information content (AvgIpc) is 3.44. The maximum absolute atomic E-state index is 12.6. The van der Waals surface area contributed by atoms with Crippen molar-refractivity contribution in [1.29, 1.82) is 0 Å². The Morgan fingerprint density at radius 3 is 2.52 bits per heavy atom. The first-order valence-corrected chi connectivity index (χ1v) is 11.6. The lowest BCUT2D eigenvalue weighted by molar-refractivity contribution is -0.144. The lowest BCUT2D eigenvalue weighted by Crippen LogP contribution is -2.39. The van der Waals surface area contributed by atoms with E-state index in [1.54, 1.807) is 16.2 Å². The van der Waals surface area contributed by atoms with Crippen molar-refractivity contribution in [3.63, 3.8) is 0 Å². The predicted octanol–water partition coefficient (Wildman–Crippen LogP) is 4.68. The quantitative estimate of drug-likeness (QED) is 0.555. The Bertz CT molecular complexity index is 1090. The zero-order chi connectivity index (χ0) is 23.6. The van der Waals surface area contributed by atoms with Gasteiger partial charge in [-0.1, -0.05) is 0 Å². The maximum atomic E-state index is 12.6. The number of nitrogens with one attached hydrogen (secondary N) is 1. The van der Waals surface area contributed by atoms with Crippen LogP contribution in [-0.2, 0) is 17.4 Å². The lowest BCUT2D eigenvalue weighted by Gasteiger charge is -2.31. The molecule has 0 saturated carbocycles. The number of aromatic amines is 1. The molecule has 1 amide bonds. The third-order valence-corrected chi connectivity index (χ3v) is 6.35. The summed E-state index contributed by atoms with van der Waals surface area (Å²) in [6, 6.07) is 7.85. The molecule has 0 spiro atoms. The van der Waals surface area contributed by atoms with Gasteiger partial charge in [0.15, 0.2) is 0 Å². The van der Waals surface area contributed by atoms with Gasteiger partial charge >= 0.3 is 6.18 Å². The van der Waals surface area contributed by atoms with Crippen LogP contribution < -0.4 is 4.74 Å². The van der Waals surface area contributed by atoms with Gasteiger partial charge in [0.05, 0.1) is 23.2 Å². The third kappa shape index (κ3) is 5.70. The number of carbonyl (C=O) groups is 1. The van der Waals surface area contributed by atoms with Crippen molar-refractivity contribution in [3.05, 3.63) is 46.3 Å². The second-order valence-corrected chi connectivity index (χ2v) is 9.09. The fourth-order valence-electron chi connectivity index (χ4n) is 3.72. The number of hydrogen-bond donors (Lipinski definition) is 1. The van der Waals surface area contributed by atoms with Gasteiger partial charge in [-0.05, 0) is 51.0 Å². The highest BCUT2D eigenvalue weighted by Gasteiger charge is 2.36. The molecule has 1 fully saturated rings. The first kappa shape index (κ1) is 23.2. The molecular formula is C22H24F3N5O2S. The third-order valence-electron chi connectivity index (χ3n) is 5.34. The van der Waals surface area contributed by atoms with E-state index in [1.807, 2.05) is 43.5 Å². The molecule has 0 radical (unpaired) electrons. The number of likely N-dealkylation sites (tertiary alicyclic amines) is 1. The molecule has 3 aromatic rings. The summed E-state index contributed by atoms with van der Waals surface area (Å²) in [6.07, 6.45) is -3.24. The molecule has 1 saturated heterocycles. The van der Waals surface area contributed by atoms with Crippen molar-refractivity contribution in [2.45, 2.75) is 51.3 Å². The fourth-order valence-corrected chi connectivity index (χ4v) is 4.72. The number of benzene rings is 1. The van der Waals surface area contributed by atoms with Gasteiger partial charge < -0.3 is 9.64 Å². The van der Waals surface area contributed by atoms with Crippen LogP contribution in [0.4, 0.5) is 13.2 Å². The first-order chi connectivity index (χ1) is 15.7. The summed E-state index contributed by atoms with van der Waals surface area (Å²) in [5.74, 6) is -0.531. The molecule has 2 aromatic heterocycles. The molecule has 0 bridgehead atoms. The number of nitrogens with zero attached hydrogens (tertiary/aromatic N) is 4. The normalized spacial score (nSPS) is 15.3. The number of rotatable bonds is 6. The Balaban J connectivity index is 1.31. The summed E-state index contributed by atoms with van der Waals surface area (Å²) >= 11 is 1.61. The van der Waals surface area contributed by atoms with Crippen LogP contribution in [-0.4, -0.2) is 50.2 Å². The smallest absolute Gasteiger partial charge is 0.453 e. The predicted molar refractivity (Wildman–Crippen MR) is 117 cm³/mol. The van der Waals surface area contributed by atoms with Crippen LogP contribution in [0, 0.1) is 0 Å². The SMILES string of the molecule is CC(C)Oc1ccc(-c2csc(C3CCN(C(=O)Cc4nc(C(F)(F)F)n[nH]4)CC3)n2)cc1. The number of carbonyl (C=O) groups excluding carboxylic acids is 1. The number of thiazole rings is 1. The lowest BCUT2D eigenvalue weighted by atomic mass is 9.97. The van der Waals surface area contributed by atoms with E-state index in [0.29, 0.717) is 13.1 Å². The van der Waals surface area contributed by atoms with Gasteiger partial charge in [0.25, 0.3) is 5.82 Å². The highest BCUT2D eigenvalue weighted by atomic mass is 32.1. The van der Waals surface area contributed by atoms with Crippen LogP contribution in [0.1, 0.15) is 49.3 Å². The topological polar surface area (TPSA) is 84.0 Å². The van der Waals surface area contributed by atoms with E-state index < -0.39 is 12.0 Å². The van der Waals surface area contributed by atoms with Crippen LogP contribution in [0.3, 0.4) is 0 Å². The molecule has 0 aliphatic carbocycles. The molecule has 0 atom stereocenters. The Labute approximate surface area is 193 Å². The summed E-state index contributed by atoms with van der Waals surface area (Å²) in [4.78, 5) is 22.3. The molecule has 1 aromatic carbocycles. The number of amides is 1. The van der Waals surface area contributed by atoms with Crippen molar-refractivity contribution >= 4 is 17.2 Å². The number of hydrogen-bond acceptors (Lipinski definition) is 6. The number of piperidine rings is 1. The number of aromatic nitrogens is 4. The van der Waals surface area contributed by atoms with Crippen molar-refractivity contribution in [2.75, 3.05) is 13.1 Å². The van der Waals surface area contributed by atoms with Gasteiger partial charge in [0.2, 0.25) is 5.91 Å². The molecule has 1 aliphatic heterocycles. The summed E-state index contributed by atoms with van der Waals surface area (Å²) in [5, 5.41) is 8.41. The number of halogens is 3. The number of alkyl halides is 3. The van der Waals surface area contributed by atoms with E-state index in [9.17, 15) is 18.0 Å². The van der Waals surface area contributed by atoms with E-state index >= 15 is 0 Å². The van der Waals surface area contributed by atoms with Gasteiger partial charge in [0, 0.05) is 30.0 Å². The monoisotopic (exact) mass is 479 g/mol. The molecule has 3 heterocycles. The molecule has 176 valence electrons. The molecule has 1 N–H and O–H groups in total. The van der Waals surface area contributed by atoms with Gasteiger partial charge in [-0.15, -0.1) is 16.4 Å². The van der Waals surface area contributed by atoms with E-state index in [0.717, 1.165) is 34.9 Å². The van der Waals surface area contributed by atoms with Gasteiger partial charge in [-0.3, -0.25) is 9.89 Å². The Morgan fingerprint density at radius 2 is 1.91 bits per heavy atom. The van der Waals surface area contributed by atoms with Crippen molar-refractivity contribution in [3.8, 4) is 17.0 Å². The minimum absolute atomic E-state index is 0.0798. The fraction of sp³-hybridized carbons (Fsp3) is 0.455. The molecule has 0 unspecified atom stereocenters. The van der Waals surface area contributed by atoms with Crippen LogP contribution >= 0.6 is 11.3 Å². The van der Waals surface area contributed by atoms with Crippen LogP contribution in [0.25, 0.3) is 11.3 Å². The highest BCUT2D eigenvalue weighted by Crippen LogP contribution is 2.33. The first-order valence-electron chi connectivity index (χ1n) is 10.7. The number of ether oxygens (including phenoxy) is 1. The maximum Gasteiger partial charge on any atom is 0.453 e. The van der Waals surface area contributed by atoms with E-state index in [1.165, 1.54) is 0 Å². The standard InChI is InChI=1S/C22H24F3N5O2S/c1-13(2)32-16-5-3-14(4-6-16)17-12-33-20(26-17)15-7-9-30(10-8-15)19(31)11-18-27-21(29-28-18)22(23,24)25/h3-6,12-13,15H,7-11H2,1-2H3,(H,27,28,29). The minimum Gasteiger partial charge on any atom is -0.491 e. The van der Waals surface area contributed by atoms with Gasteiger partial charge in [-0.2, -0.15) is 13.2 Å². The minimum atomic E-state index is -4.63. The zero-order valence-corrected chi connectivity index (χ0v) is 19.0. The molecule has 33 heavy (non-hydrogen) atoms. The van der Waals surface area contributed by atoms with Crippen LogP contribution in [0.15, 0.2) is 29.6 Å². The molecule has 4 rings (SSSR count). The summed E-state index contributed by atoms with van der Waals surface area (Å²) in [6.45, 7) is 5.02. The van der Waals surface area contributed by atoms with Gasteiger partial charge in [-0.25, -0.2) is 9.97 Å². The van der Waals surface area contributed by atoms with Crippen molar-refractivity contribution in [1.82, 2.24) is 25.1 Å². The van der Waals surface area contributed by atoms with E-state index in [4.69, 9.17) is 9.72 Å². The zero-order valence-electron chi connectivity index (χ0n) is 18.2. The van der Waals surface area contributed by atoms with Crippen LogP contribution in [0.5, 0.6) is 5.75 Å².